The molecule has 0 saturated carbocycles. The van der Waals surface area contributed by atoms with Gasteiger partial charge in [0.1, 0.15) is 4.88 Å². The lowest BCUT2D eigenvalue weighted by molar-refractivity contribution is -0.137. The van der Waals surface area contributed by atoms with Crippen molar-refractivity contribution in [2.45, 2.75) is 6.18 Å². The van der Waals surface area contributed by atoms with Crippen LogP contribution in [0.2, 0.25) is 5.02 Å². The molecule has 2 aromatic heterocycles. The third kappa shape index (κ3) is 4.74. The molecule has 0 aliphatic rings. The summed E-state index contributed by atoms with van der Waals surface area (Å²) in [4.78, 5) is 6.32. The number of thiazole rings is 1. The highest BCUT2D eigenvalue weighted by Crippen LogP contribution is 2.42. The number of aromatic hydroxyl groups is 1. The van der Waals surface area contributed by atoms with Crippen molar-refractivity contribution in [1.82, 2.24) is 15.2 Å². The number of likely N-dealkylation sites (N-methyl/N-ethyl adjacent to an activating group) is 1. The lowest BCUT2D eigenvalue weighted by Crippen LogP contribution is -2.15. The van der Waals surface area contributed by atoms with Crippen LogP contribution in [0, 0.1) is 0 Å². The molecule has 10 heteroatoms. The van der Waals surface area contributed by atoms with Gasteiger partial charge in [0.25, 0.3) is 0 Å². The summed E-state index contributed by atoms with van der Waals surface area (Å²) in [7, 11) is 1.78. The molecule has 2 heterocycles. The lowest BCUT2D eigenvalue weighted by Gasteiger charge is -2.13. The van der Waals surface area contributed by atoms with Crippen LogP contribution in [-0.4, -0.2) is 33.9 Å². The molecule has 0 radical (unpaired) electrons. The van der Waals surface area contributed by atoms with Crippen molar-refractivity contribution in [1.29, 1.82) is 0 Å². The van der Waals surface area contributed by atoms with E-state index in [4.69, 9.17) is 11.6 Å². The summed E-state index contributed by atoms with van der Waals surface area (Å²) in [5.41, 5.74) is 0.816. The molecule has 2 aromatic carbocycles. The third-order valence-corrected chi connectivity index (χ3v) is 6.37. The summed E-state index contributed by atoms with van der Waals surface area (Å²) < 4.78 is 41.2. The molecule has 0 aliphatic carbocycles. The van der Waals surface area contributed by atoms with Gasteiger partial charge in [0, 0.05) is 29.6 Å². The highest BCUT2D eigenvalue weighted by atomic mass is 35.5. The van der Waals surface area contributed by atoms with Crippen LogP contribution in [-0.2, 0) is 6.18 Å². The van der Waals surface area contributed by atoms with Crippen molar-refractivity contribution in [2.75, 3.05) is 18.5 Å². The number of alkyl halides is 3. The van der Waals surface area contributed by atoms with Gasteiger partial charge < -0.3 is 10.0 Å². The van der Waals surface area contributed by atoms with Crippen LogP contribution in [0.15, 0.2) is 55.3 Å². The number of aromatic amines is 1. The fraction of sp³-hybridized carbons (Fsp3) is 0.130. The van der Waals surface area contributed by atoms with Gasteiger partial charge in [-0.2, -0.15) is 23.3 Å². The maximum absolute atomic E-state index is 13.7. The van der Waals surface area contributed by atoms with Crippen LogP contribution in [0.3, 0.4) is 0 Å². The molecule has 4 aromatic rings. The van der Waals surface area contributed by atoms with Crippen LogP contribution >= 0.6 is 22.9 Å². The Morgan fingerprint density at radius 3 is 2.79 bits per heavy atom. The molecular formula is C23H18ClF3N4OS. The van der Waals surface area contributed by atoms with E-state index in [-0.39, 0.29) is 16.5 Å². The van der Waals surface area contributed by atoms with Gasteiger partial charge in [-0.25, -0.2) is 0 Å². The van der Waals surface area contributed by atoms with E-state index in [9.17, 15) is 18.3 Å². The number of aromatic nitrogens is 3. The van der Waals surface area contributed by atoms with Gasteiger partial charge in [-0.15, -0.1) is 6.58 Å². The van der Waals surface area contributed by atoms with Gasteiger partial charge in [-0.3, -0.25) is 5.10 Å². The standard InChI is InChI=1S/C23H18ClF3N4OS/c1-3-8-31(2)22-29-21(32)20(33-22)17(13-5-7-19-15(9-13)12-28-30-19)10-14-4-6-16(24)11-18(14)23(25,26)27/h3-7,9-12,32H,1,8H2,2H3,(H,28,30). The van der Waals surface area contributed by atoms with Crippen LogP contribution in [0.4, 0.5) is 18.3 Å². The average molecular weight is 491 g/mol. The van der Waals surface area contributed by atoms with Gasteiger partial charge >= 0.3 is 6.18 Å². The number of rotatable bonds is 6. The SMILES string of the molecule is C=CCN(C)c1nc(O)c(C(=Cc2ccc(Cl)cc2C(F)(F)F)c2ccc3[nH]ncc3c2)s1. The smallest absolute Gasteiger partial charge is 0.417 e. The summed E-state index contributed by atoms with van der Waals surface area (Å²) >= 11 is 7.02. The summed E-state index contributed by atoms with van der Waals surface area (Å²) in [5, 5.41) is 18.8. The van der Waals surface area contributed by atoms with Crippen molar-refractivity contribution >= 4 is 50.6 Å². The summed E-state index contributed by atoms with van der Waals surface area (Å²) in [6, 6.07) is 8.92. The van der Waals surface area contributed by atoms with E-state index in [0.717, 1.165) is 17.0 Å². The van der Waals surface area contributed by atoms with Crippen LogP contribution < -0.4 is 4.90 Å². The van der Waals surface area contributed by atoms with Gasteiger partial charge in [0.15, 0.2) is 5.13 Å². The molecule has 0 unspecified atom stereocenters. The second-order valence-corrected chi connectivity index (χ2v) is 8.69. The van der Waals surface area contributed by atoms with Gasteiger partial charge in [0.05, 0.1) is 17.3 Å². The molecule has 2 N–H and O–H groups in total. The Kier molecular flexibility index (Phi) is 6.18. The maximum atomic E-state index is 13.7. The Morgan fingerprint density at radius 2 is 2.06 bits per heavy atom. The number of anilines is 1. The fourth-order valence-electron chi connectivity index (χ4n) is 3.36. The second kappa shape index (κ2) is 8.92. The van der Waals surface area contributed by atoms with Crippen molar-refractivity contribution < 1.29 is 18.3 Å². The first-order chi connectivity index (χ1) is 15.7. The molecule has 33 heavy (non-hydrogen) atoms. The second-order valence-electron chi connectivity index (χ2n) is 7.28. The van der Waals surface area contributed by atoms with Crippen molar-refractivity contribution in [3.05, 3.63) is 81.8 Å². The highest BCUT2D eigenvalue weighted by Gasteiger charge is 2.33. The Labute approximate surface area is 196 Å². The summed E-state index contributed by atoms with van der Waals surface area (Å²) in [6.45, 7) is 4.18. The summed E-state index contributed by atoms with van der Waals surface area (Å²) in [6.07, 6.45) is 0.0904. The predicted molar refractivity (Wildman–Crippen MR) is 127 cm³/mol. The predicted octanol–water partition coefficient (Wildman–Crippen LogP) is 6.61. The van der Waals surface area contributed by atoms with Gasteiger partial charge in [-0.05, 0) is 41.5 Å². The molecular weight excluding hydrogens is 473 g/mol. The Balaban J connectivity index is 1.95. The third-order valence-electron chi connectivity index (χ3n) is 4.94. The zero-order valence-corrected chi connectivity index (χ0v) is 18.9. The minimum atomic E-state index is -4.61. The van der Waals surface area contributed by atoms with E-state index in [1.807, 2.05) is 0 Å². The van der Waals surface area contributed by atoms with Crippen LogP contribution in [0.25, 0.3) is 22.6 Å². The first-order valence-electron chi connectivity index (χ1n) is 9.71. The van der Waals surface area contributed by atoms with E-state index >= 15 is 0 Å². The number of benzene rings is 2. The first-order valence-corrected chi connectivity index (χ1v) is 10.9. The number of hydrogen-bond acceptors (Lipinski definition) is 5. The molecule has 0 aliphatic heterocycles. The molecule has 170 valence electrons. The van der Waals surface area contributed by atoms with E-state index in [1.165, 1.54) is 29.5 Å². The van der Waals surface area contributed by atoms with Crippen molar-refractivity contribution in [3.63, 3.8) is 0 Å². The molecule has 0 spiro atoms. The van der Waals surface area contributed by atoms with E-state index in [1.54, 1.807) is 42.4 Å². The molecule has 0 saturated heterocycles. The zero-order valence-electron chi connectivity index (χ0n) is 17.3. The van der Waals surface area contributed by atoms with E-state index in [2.05, 4.69) is 21.8 Å². The number of halogens is 4. The number of H-pyrrole nitrogens is 1. The average Bonchev–Trinajstić information content (AvgIpc) is 3.38. The molecule has 0 bridgehead atoms. The van der Waals surface area contributed by atoms with Gasteiger partial charge in [0.2, 0.25) is 5.88 Å². The molecule has 4 rings (SSSR count). The van der Waals surface area contributed by atoms with Crippen molar-refractivity contribution in [3.8, 4) is 5.88 Å². The van der Waals surface area contributed by atoms with E-state index < -0.39 is 11.7 Å². The normalized spacial score (nSPS) is 12.3. The zero-order chi connectivity index (χ0) is 23.8. The number of nitrogens with one attached hydrogen (secondary N) is 1. The molecule has 0 fully saturated rings. The Bertz CT molecular complexity index is 1360. The minimum absolute atomic E-state index is 0.0187. The van der Waals surface area contributed by atoms with Crippen molar-refractivity contribution in [2.24, 2.45) is 0 Å². The monoisotopic (exact) mass is 490 g/mol. The Hall–Kier alpha value is -3.30. The molecule has 0 atom stereocenters. The van der Waals surface area contributed by atoms with Crippen LogP contribution in [0.1, 0.15) is 21.6 Å². The number of nitrogens with zero attached hydrogens (tertiary/aromatic N) is 3. The van der Waals surface area contributed by atoms with Gasteiger partial charge in [-0.1, -0.05) is 41.1 Å². The minimum Gasteiger partial charge on any atom is -0.492 e. The lowest BCUT2D eigenvalue weighted by atomic mass is 9.98. The Morgan fingerprint density at radius 1 is 1.27 bits per heavy atom. The van der Waals surface area contributed by atoms with Crippen LogP contribution in [0.5, 0.6) is 5.88 Å². The quantitative estimate of drug-likeness (QED) is 0.236. The number of fused-ring (bicyclic) bond motifs is 1. The maximum Gasteiger partial charge on any atom is 0.417 e. The topological polar surface area (TPSA) is 65.0 Å². The van der Waals surface area contributed by atoms with E-state index in [0.29, 0.717) is 27.7 Å². The summed E-state index contributed by atoms with van der Waals surface area (Å²) in [5.74, 6) is -0.271. The largest absolute Gasteiger partial charge is 0.492 e. The molecule has 0 amide bonds. The first kappa shape index (κ1) is 22.9. The fourth-order valence-corrected chi connectivity index (χ4v) is 4.50. The highest BCUT2D eigenvalue weighted by molar-refractivity contribution is 7.17. The number of hydrogen-bond donors (Lipinski definition) is 2. The molecule has 5 nitrogen and oxygen atoms in total.